The molecule has 0 saturated heterocycles. The Labute approximate surface area is 205 Å². The fourth-order valence-corrected chi connectivity index (χ4v) is 4.69. The summed E-state index contributed by atoms with van der Waals surface area (Å²) >= 11 is 12.6. The van der Waals surface area contributed by atoms with Gasteiger partial charge in [-0.25, -0.2) is 8.42 Å². The molecule has 0 saturated carbocycles. The van der Waals surface area contributed by atoms with E-state index in [1.54, 1.807) is 56.3 Å². The van der Waals surface area contributed by atoms with Crippen molar-refractivity contribution in [3.8, 4) is 0 Å². The summed E-state index contributed by atoms with van der Waals surface area (Å²) in [7, 11) is -3.79. The molecule has 0 fully saturated rings. The molecule has 0 heterocycles. The van der Waals surface area contributed by atoms with Crippen molar-refractivity contribution in [1.82, 2.24) is 10.2 Å². The fourth-order valence-electron chi connectivity index (χ4n) is 3.27. The molecule has 0 radical (unpaired) electrons. The minimum absolute atomic E-state index is 0.0522. The van der Waals surface area contributed by atoms with Gasteiger partial charge in [-0.1, -0.05) is 54.4 Å². The van der Waals surface area contributed by atoms with Crippen LogP contribution < -0.4 is 9.62 Å². The quantitative estimate of drug-likeness (QED) is 0.519. The molecule has 2 aromatic rings. The van der Waals surface area contributed by atoms with Crippen molar-refractivity contribution in [3.05, 3.63) is 63.6 Å². The second-order valence-electron chi connectivity index (χ2n) is 7.74. The number of para-hydroxylation sites is 1. The maximum Gasteiger partial charge on any atom is 0.244 e. The Balaban J connectivity index is 2.45. The Hall–Kier alpha value is -2.29. The summed E-state index contributed by atoms with van der Waals surface area (Å²) in [6.07, 6.45) is 1.78. The van der Waals surface area contributed by atoms with E-state index in [0.717, 1.165) is 17.0 Å². The molecular formula is C23H29Cl2N3O4S. The number of aryl methyl sites for hydroxylation is 1. The summed E-state index contributed by atoms with van der Waals surface area (Å²) in [5, 5.41) is 3.47. The van der Waals surface area contributed by atoms with Crippen molar-refractivity contribution < 1.29 is 18.0 Å². The molecular weight excluding hydrogens is 485 g/mol. The SMILES string of the molecule is CCCNC(=O)C(C)N(Cc1c(Cl)cccc1Cl)C(=O)CN(c1ccccc1C)S(C)(=O)=O. The Bertz CT molecular complexity index is 1090. The molecule has 2 aromatic carbocycles. The van der Waals surface area contributed by atoms with Crippen LogP contribution in [0.25, 0.3) is 0 Å². The molecule has 0 aromatic heterocycles. The molecule has 10 heteroatoms. The Morgan fingerprint density at radius 2 is 1.67 bits per heavy atom. The summed E-state index contributed by atoms with van der Waals surface area (Å²) < 4.78 is 26.2. The first-order chi connectivity index (χ1) is 15.5. The van der Waals surface area contributed by atoms with Gasteiger partial charge < -0.3 is 10.2 Å². The van der Waals surface area contributed by atoms with Crippen molar-refractivity contribution in [2.45, 2.75) is 39.8 Å². The van der Waals surface area contributed by atoms with Crippen molar-refractivity contribution in [2.75, 3.05) is 23.7 Å². The number of anilines is 1. The highest BCUT2D eigenvalue weighted by Gasteiger charge is 2.31. The third-order valence-electron chi connectivity index (χ3n) is 5.17. The van der Waals surface area contributed by atoms with Crippen LogP contribution in [0.3, 0.4) is 0 Å². The van der Waals surface area contributed by atoms with Gasteiger partial charge in [0.05, 0.1) is 11.9 Å². The van der Waals surface area contributed by atoms with Crippen LogP contribution in [-0.4, -0.2) is 50.5 Å². The van der Waals surface area contributed by atoms with Crippen LogP contribution in [0.15, 0.2) is 42.5 Å². The number of carbonyl (C=O) groups excluding carboxylic acids is 2. The van der Waals surface area contributed by atoms with Gasteiger partial charge in [0.15, 0.2) is 0 Å². The zero-order valence-corrected chi connectivity index (χ0v) is 21.5. The first-order valence-corrected chi connectivity index (χ1v) is 13.1. The van der Waals surface area contributed by atoms with Crippen molar-refractivity contribution >= 4 is 50.7 Å². The molecule has 1 unspecified atom stereocenters. The Morgan fingerprint density at radius 1 is 1.06 bits per heavy atom. The second-order valence-corrected chi connectivity index (χ2v) is 10.5. The molecule has 0 aliphatic heterocycles. The van der Waals surface area contributed by atoms with Gasteiger partial charge in [-0.05, 0) is 44.0 Å². The van der Waals surface area contributed by atoms with Gasteiger partial charge in [-0.3, -0.25) is 13.9 Å². The van der Waals surface area contributed by atoms with Gasteiger partial charge in [-0.2, -0.15) is 0 Å². The lowest BCUT2D eigenvalue weighted by Gasteiger charge is -2.32. The van der Waals surface area contributed by atoms with Crippen molar-refractivity contribution in [3.63, 3.8) is 0 Å². The first kappa shape index (κ1) is 27.0. The zero-order valence-electron chi connectivity index (χ0n) is 19.1. The third-order valence-corrected chi connectivity index (χ3v) is 7.00. The molecule has 33 heavy (non-hydrogen) atoms. The van der Waals surface area contributed by atoms with Crippen molar-refractivity contribution in [1.29, 1.82) is 0 Å². The Kier molecular flexibility index (Phi) is 9.57. The Morgan fingerprint density at radius 3 is 2.21 bits per heavy atom. The maximum atomic E-state index is 13.5. The van der Waals surface area contributed by atoms with Crippen molar-refractivity contribution in [2.24, 2.45) is 0 Å². The van der Waals surface area contributed by atoms with Crippen LogP contribution >= 0.6 is 23.2 Å². The summed E-state index contributed by atoms with van der Waals surface area (Å²) in [6, 6.07) is 11.0. The van der Waals surface area contributed by atoms with E-state index in [-0.39, 0.29) is 12.5 Å². The summed E-state index contributed by atoms with van der Waals surface area (Å²) in [5.74, 6) is -0.908. The molecule has 2 rings (SSSR count). The highest BCUT2D eigenvalue weighted by molar-refractivity contribution is 7.92. The highest BCUT2D eigenvalue weighted by atomic mass is 35.5. The van der Waals surface area contributed by atoms with E-state index in [2.05, 4.69) is 5.32 Å². The number of halogens is 2. The molecule has 0 bridgehead atoms. The molecule has 1 N–H and O–H groups in total. The van der Waals surface area contributed by atoms with Crippen LogP contribution in [0.4, 0.5) is 5.69 Å². The number of amides is 2. The van der Waals surface area contributed by atoms with Gasteiger partial charge in [-0.15, -0.1) is 0 Å². The lowest BCUT2D eigenvalue weighted by Crippen LogP contribution is -2.51. The van der Waals surface area contributed by atoms with E-state index in [0.29, 0.717) is 33.4 Å². The van der Waals surface area contributed by atoms with Crippen LogP contribution in [0.1, 0.15) is 31.4 Å². The second kappa shape index (κ2) is 11.7. The van der Waals surface area contributed by atoms with E-state index in [9.17, 15) is 18.0 Å². The summed E-state index contributed by atoms with van der Waals surface area (Å²) in [6.45, 7) is 5.20. The van der Waals surface area contributed by atoms with Gasteiger partial charge in [0, 0.05) is 28.7 Å². The molecule has 180 valence electrons. The van der Waals surface area contributed by atoms with Crippen LogP contribution in [-0.2, 0) is 26.2 Å². The van der Waals surface area contributed by atoms with Gasteiger partial charge in [0.25, 0.3) is 0 Å². The monoisotopic (exact) mass is 513 g/mol. The van der Waals surface area contributed by atoms with E-state index in [1.807, 2.05) is 6.92 Å². The molecule has 0 aliphatic carbocycles. The summed E-state index contributed by atoms with van der Waals surface area (Å²) in [4.78, 5) is 27.5. The average molecular weight is 514 g/mol. The van der Waals surface area contributed by atoms with Crippen LogP contribution in [0, 0.1) is 6.92 Å². The molecule has 7 nitrogen and oxygen atoms in total. The van der Waals surface area contributed by atoms with Crippen LogP contribution in [0.2, 0.25) is 10.0 Å². The van der Waals surface area contributed by atoms with E-state index in [1.165, 1.54) is 4.90 Å². The van der Waals surface area contributed by atoms with Crippen LogP contribution in [0.5, 0.6) is 0 Å². The smallest absolute Gasteiger partial charge is 0.244 e. The summed E-state index contributed by atoms with van der Waals surface area (Å²) in [5.41, 5.74) is 1.57. The van der Waals surface area contributed by atoms with E-state index >= 15 is 0 Å². The normalized spacial score (nSPS) is 12.2. The van der Waals surface area contributed by atoms with Gasteiger partial charge in [0.2, 0.25) is 21.8 Å². The number of nitrogens with one attached hydrogen (secondary N) is 1. The number of carbonyl (C=O) groups is 2. The number of rotatable bonds is 10. The first-order valence-electron chi connectivity index (χ1n) is 10.5. The van der Waals surface area contributed by atoms with E-state index in [4.69, 9.17) is 23.2 Å². The lowest BCUT2D eigenvalue weighted by atomic mass is 10.1. The predicted octanol–water partition coefficient (Wildman–Crippen LogP) is 4.01. The number of hydrogen-bond donors (Lipinski definition) is 1. The van der Waals surface area contributed by atoms with E-state index < -0.39 is 28.5 Å². The zero-order chi connectivity index (χ0) is 24.8. The largest absolute Gasteiger partial charge is 0.354 e. The van der Waals surface area contributed by atoms with Gasteiger partial charge >= 0.3 is 0 Å². The minimum atomic E-state index is -3.79. The maximum absolute atomic E-state index is 13.5. The number of benzene rings is 2. The number of sulfonamides is 1. The molecule has 1 atom stereocenters. The average Bonchev–Trinajstić information content (AvgIpc) is 2.75. The highest BCUT2D eigenvalue weighted by Crippen LogP contribution is 2.27. The number of nitrogens with zero attached hydrogens (tertiary/aromatic N) is 2. The molecule has 0 spiro atoms. The minimum Gasteiger partial charge on any atom is -0.354 e. The van der Waals surface area contributed by atoms with Gasteiger partial charge in [0.1, 0.15) is 12.6 Å². The lowest BCUT2D eigenvalue weighted by molar-refractivity contribution is -0.139. The molecule has 2 amide bonds. The predicted molar refractivity (Wildman–Crippen MR) is 133 cm³/mol. The topological polar surface area (TPSA) is 86.8 Å². The fraction of sp³-hybridized carbons (Fsp3) is 0.391. The standard InChI is InChI=1S/C23H29Cl2N3O4S/c1-5-13-26-23(30)17(3)27(14-18-19(24)10-8-11-20(18)25)22(29)15-28(33(4,31)32)21-12-7-6-9-16(21)2/h6-12,17H,5,13-15H2,1-4H3,(H,26,30). The third kappa shape index (κ3) is 7.09. The molecule has 0 aliphatic rings. The number of hydrogen-bond acceptors (Lipinski definition) is 4.